The molecule has 0 aliphatic rings. The lowest BCUT2D eigenvalue weighted by atomic mass is 9.98. The predicted molar refractivity (Wildman–Crippen MR) is 62.9 cm³/mol. The molecule has 0 heterocycles. The Morgan fingerprint density at radius 2 is 2.17 bits per heavy atom. The second kappa shape index (κ2) is 5.77. The van der Waals surface area contributed by atoms with Crippen LogP contribution >= 0.6 is 0 Å². The van der Waals surface area contributed by atoms with E-state index in [2.05, 4.69) is 4.74 Å². The molecule has 1 aromatic rings. The van der Waals surface area contributed by atoms with Crippen molar-refractivity contribution in [3.05, 3.63) is 38.9 Å². The summed E-state index contributed by atoms with van der Waals surface area (Å²) in [6.45, 7) is 1.85. The fourth-order valence-electron chi connectivity index (χ4n) is 1.64. The van der Waals surface area contributed by atoms with E-state index >= 15 is 0 Å². The number of nitrogens with zero attached hydrogens (tertiary/aromatic N) is 2. The first-order valence-corrected chi connectivity index (χ1v) is 5.30. The van der Waals surface area contributed by atoms with Gasteiger partial charge in [-0.25, -0.2) is 0 Å². The van der Waals surface area contributed by atoms with Crippen molar-refractivity contribution in [2.75, 3.05) is 7.11 Å². The summed E-state index contributed by atoms with van der Waals surface area (Å²) in [5.74, 6) is -0.469. The highest BCUT2D eigenvalue weighted by Crippen LogP contribution is 2.24. The SMILES string of the molecule is CCc1cc(C#N)c([N+](=O)[O-])cc1CC(=O)OC. The van der Waals surface area contributed by atoms with Gasteiger partial charge < -0.3 is 4.74 Å². The van der Waals surface area contributed by atoms with Crippen molar-refractivity contribution >= 4 is 11.7 Å². The lowest BCUT2D eigenvalue weighted by Gasteiger charge is -2.07. The van der Waals surface area contributed by atoms with E-state index in [9.17, 15) is 14.9 Å². The maximum absolute atomic E-state index is 11.2. The molecule has 0 bridgehead atoms. The van der Waals surface area contributed by atoms with E-state index in [1.807, 2.05) is 6.92 Å². The Hall–Kier alpha value is -2.42. The summed E-state index contributed by atoms with van der Waals surface area (Å²) in [4.78, 5) is 21.4. The van der Waals surface area contributed by atoms with Gasteiger partial charge in [-0.1, -0.05) is 6.92 Å². The van der Waals surface area contributed by atoms with Crippen molar-refractivity contribution in [3.8, 4) is 6.07 Å². The van der Waals surface area contributed by atoms with Gasteiger partial charge in [-0.2, -0.15) is 5.26 Å². The number of esters is 1. The van der Waals surface area contributed by atoms with Crippen molar-refractivity contribution < 1.29 is 14.5 Å². The molecule has 0 saturated carbocycles. The van der Waals surface area contributed by atoms with Crippen LogP contribution in [0, 0.1) is 21.4 Å². The van der Waals surface area contributed by atoms with E-state index in [0.29, 0.717) is 12.0 Å². The first-order valence-electron chi connectivity index (χ1n) is 5.30. The summed E-state index contributed by atoms with van der Waals surface area (Å²) in [6, 6.07) is 4.52. The van der Waals surface area contributed by atoms with Crippen LogP contribution in [-0.2, 0) is 22.4 Å². The second-order valence-electron chi connectivity index (χ2n) is 3.61. The quantitative estimate of drug-likeness (QED) is 0.459. The number of methoxy groups -OCH3 is 1. The van der Waals surface area contributed by atoms with Crippen molar-refractivity contribution in [2.24, 2.45) is 0 Å². The van der Waals surface area contributed by atoms with Gasteiger partial charge in [-0.3, -0.25) is 14.9 Å². The molecule has 0 aliphatic carbocycles. The van der Waals surface area contributed by atoms with Gasteiger partial charge in [0.05, 0.1) is 18.5 Å². The summed E-state index contributed by atoms with van der Waals surface area (Å²) in [6.07, 6.45) is 0.547. The minimum Gasteiger partial charge on any atom is -0.469 e. The summed E-state index contributed by atoms with van der Waals surface area (Å²) in [7, 11) is 1.26. The third kappa shape index (κ3) is 2.83. The number of ether oxygens (including phenoxy) is 1. The van der Waals surface area contributed by atoms with Crippen molar-refractivity contribution in [1.82, 2.24) is 0 Å². The molecule has 0 fully saturated rings. The zero-order valence-electron chi connectivity index (χ0n) is 10.1. The molecule has 0 aromatic heterocycles. The highest BCUT2D eigenvalue weighted by molar-refractivity contribution is 5.73. The van der Waals surface area contributed by atoms with Crippen LogP contribution < -0.4 is 0 Å². The van der Waals surface area contributed by atoms with Crippen molar-refractivity contribution in [3.63, 3.8) is 0 Å². The number of hydrogen-bond donors (Lipinski definition) is 0. The number of carbonyl (C=O) groups is 1. The molecule has 1 rings (SSSR count). The Labute approximate surface area is 104 Å². The summed E-state index contributed by atoms with van der Waals surface area (Å²) in [5.41, 5.74) is 0.983. The van der Waals surface area contributed by atoms with Crippen LogP contribution in [0.2, 0.25) is 0 Å². The van der Waals surface area contributed by atoms with Gasteiger partial charge in [0.15, 0.2) is 0 Å². The van der Waals surface area contributed by atoms with Gasteiger partial charge >= 0.3 is 5.97 Å². The Morgan fingerprint density at radius 1 is 1.50 bits per heavy atom. The fourth-order valence-corrected chi connectivity index (χ4v) is 1.64. The molecule has 6 nitrogen and oxygen atoms in total. The maximum Gasteiger partial charge on any atom is 0.309 e. The molecule has 0 radical (unpaired) electrons. The van der Waals surface area contributed by atoms with Crippen LogP contribution in [0.1, 0.15) is 23.6 Å². The minimum atomic E-state index is -0.626. The number of nitro benzene ring substituents is 1. The minimum absolute atomic E-state index is 0.00506. The van der Waals surface area contributed by atoms with Gasteiger partial charge in [0.2, 0.25) is 0 Å². The largest absolute Gasteiger partial charge is 0.469 e. The second-order valence-corrected chi connectivity index (χ2v) is 3.61. The lowest BCUT2D eigenvalue weighted by molar-refractivity contribution is -0.385. The van der Waals surface area contributed by atoms with Crippen LogP contribution in [-0.4, -0.2) is 18.0 Å². The zero-order valence-corrected chi connectivity index (χ0v) is 10.1. The van der Waals surface area contributed by atoms with Gasteiger partial charge in [0.1, 0.15) is 11.6 Å². The highest BCUT2D eigenvalue weighted by atomic mass is 16.6. The Balaban J connectivity index is 3.33. The summed E-state index contributed by atoms with van der Waals surface area (Å²) < 4.78 is 4.54. The van der Waals surface area contributed by atoms with E-state index in [1.54, 1.807) is 6.07 Å². The number of nitriles is 1. The molecule has 0 N–H and O–H groups in total. The molecule has 94 valence electrons. The fraction of sp³-hybridized carbons (Fsp3) is 0.333. The predicted octanol–water partition coefficient (Wildman–Crippen LogP) is 1.74. The molecule has 1 aromatic carbocycles. The summed E-state index contributed by atoms with van der Waals surface area (Å²) >= 11 is 0. The molecule has 0 unspecified atom stereocenters. The molecular formula is C12H12N2O4. The topological polar surface area (TPSA) is 93.2 Å². The molecule has 0 atom stereocenters. The number of carbonyl (C=O) groups excluding carboxylic acids is 1. The first-order chi connectivity index (χ1) is 8.53. The van der Waals surface area contributed by atoms with Crippen LogP contribution in [0.4, 0.5) is 5.69 Å². The molecule has 0 spiro atoms. The number of hydrogen-bond acceptors (Lipinski definition) is 5. The van der Waals surface area contributed by atoms with Crippen molar-refractivity contribution in [2.45, 2.75) is 19.8 Å². The average Bonchev–Trinajstić information content (AvgIpc) is 2.37. The molecule has 6 heteroatoms. The zero-order chi connectivity index (χ0) is 13.7. The molecule has 18 heavy (non-hydrogen) atoms. The normalized spacial score (nSPS) is 9.61. The van der Waals surface area contributed by atoms with E-state index < -0.39 is 10.9 Å². The van der Waals surface area contributed by atoms with Crippen LogP contribution in [0.25, 0.3) is 0 Å². The molecule has 0 aliphatic heterocycles. The average molecular weight is 248 g/mol. The standard InChI is InChI=1S/C12H12N2O4/c1-3-8-4-10(7-13)11(14(16)17)5-9(8)6-12(15)18-2/h4-5H,3,6H2,1-2H3. The molecular weight excluding hydrogens is 236 g/mol. The Morgan fingerprint density at radius 3 is 2.61 bits per heavy atom. The third-order valence-corrected chi connectivity index (χ3v) is 2.58. The van der Waals surface area contributed by atoms with E-state index in [-0.39, 0.29) is 17.7 Å². The van der Waals surface area contributed by atoms with E-state index in [4.69, 9.17) is 5.26 Å². The van der Waals surface area contributed by atoms with Crippen LogP contribution in [0.5, 0.6) is 0 Å². The van der Waals surface area contributed by atoms with Crippen LogP contribution in [0.15, 0.2) is 12.1 Å². The highest BCUT2D eigenvalue weighted by Gasteiger charge is 2.18. The number of aryl methyl sites for hydroxylation is 1. The number of benzene rings is 1. The van der Waals surface area contributed by atoms with Gasteiger partial charge in [-0.05, 0) is 23.6 Å². The smallest absolute Gasteiger partial charge is 0.309 e. The van der Waals surface area contributed by atoms with Gasteiger partial charge in [-0.15, -0.1) is 0 Å². The number of nitro groups is 1. The summed E-state index contributed by atoms with van der Waals surface area (Å²) in [5, 5.41) is 19.7. The van der Waals surface area contributed by atoms with E-state index in [0.717, 1.165) is 5.56 Å². The van der Waals surface area contributed by atoms with Crippen molar-refractivity contribution in [1.29, 1.82) is 5.26 Å². The Bertz CT molecular complexity index is 532. The van der Waals surface area contributed by atoms with Crippen LogP contribution in [0.3, 0.4) is 0 Å². The van der Waals surface area contributed by atoms with Gasteiger partial charge in [0.25, 0.3) is 5.69 Å². The monoisotopic (exact) mass is 248 g/mol. The molecule has 0 saturated heterocycles. The number of rotatable bonds is 4. The lowest BCUT2D eigenvalue weighted by Crippen LogP contribution is -2.08. The third-order valence-electron chi connectivity index (χ3n) is 2.58. The van der Waals surface area contributed by atoms with E-state index in [1.165, 1.54) is 19.2 Å². The van der Waals surface area contributed by atoms with Gasteiger partial charge in [0, 0.05) is 6.07 Å². The maximum atomic E-state index is 11.2. The Kier molecular flexibility index (Phi) is 4.38. The first kappa shape index (κ1) is 13.6. The molecule has 0 amide bonds.